The number of rotatable bonds is 4. The molecular formula is C14H11BrCl2O2. The molecule has 0 spiro atoms. The van der Waals surface area contributed by atoms with Crippen molar-refractivity contribution in [2.75, 3.05) is 0 Å². The number of halogens is 3. The van der Waals surface area contributed by atoms with Gasteiger partial charge < -0.3 is 9.84 Å². The molecule has 0 bridgehead atoms. The van der Waals surface area contributed by atoms with Gasteiger partial charge in [0.15, 0.2) is 0 Å². The van der Waals surface area contributed by atoms with E-state index in [-0.39, 0.29) is 6.61 Å². The zero-order valence-electron chi connectivity index (χ0n) is 9.87. The lowest BCUT2D eigenvalue weighted by atomic mass is 10.2. The van der Waals surface area contributed by atoms with Gasteiger partial charge in [-0.15, -0.1) is 0 Å². The van der Waals surface area contributed by atoms with E-state index in [0.29, 0.717) is 28.0 Å². The molecule has 0 aliphatic heterocycles. The maximum atomic E-state index is 9.30. The SMILES string of the molecule is OCc1cc(Cl)cc(Cl)c1OCc1cccc(Br)c1. The lowest BCUT2D eigenvalue weighted by molar-refractivity contribution is 0.259. The number of aliphatic hydroxyl groups excluding tert-OH is 1. The molecule has 0 radical (unpaired) electrons. The van der Waals surface area contributed by atoms with E-state index in [4.69, 9.17) is 27.9 Å². The van der Waals surface area contributed by atoms with E-state index in [2.05, 4.69) is 15.9 Å². The highest BCUT2D eigenvalue weighted by Gasteiger charge is 2.10. The number of hydrogen-bond acceptors (Lipinski definition) is 2. The standard InChI is InChI=1S/C14H11BrCl2O2/c15-11-3-1-2-9(4-11)8-19-14-10(7-18)5-12(16)6-13(14)17/h1-6,18H,7-8H2. The quantitative estimate of drug-likeness (QED) is 0.845. The third-order valence-electron chi connectivity index (χ3n) is 2.53. The molecule has 0 aromatic heterocycles. The largest absolute Gasteiger partial charge is 0.487 e. The molecule has 2 aromatic carbocycles. The molecule has 2 rings (SSSR count). The van der Waals surface area contributed by atoms with Crippen LogP contribution in [0.15, 0.2) is 40.9 Å². The lowest BCUT2D eigenvalue weighted by Crippen LogP contribution is -1.99. The van der Waals surface area contributed by atoms with Gasteiger partial charge in [0.25, 0.3) is 0 Å². The first-order valence-corrected chi connectivity index (χ1v) is 7.11. The van der Waals surface area contributed by atoms with Gasteiger partial charge in [0.1, 0.15) is 12.4 Å². The molecule has 0 amide bonds. The fourth-order valence-electron chi connectivity index (χ4n) is 1.67. The van der Waals surface area contributed by atoms with Crippen molar-refractivity contribution in [2.24, 2.45) is 0 Å². The molecule has 0 aliphatic carbocycles. The van der Waals surface area contributed by atoms with Crippen molar-refractivity contribution in [3.63, 3.8) is 0 Å². The van der Waals surface area contributed by atoms with Crippen molar-refractivity contribution in [2.45, 2.75) is 13.2 Å². The van der Waals surface area contributed by atoms with Crippen LogP contribution in [0, 0.1) is 0 Å². The van der Waals surface area contributed by atoms with Crippen molar-refractivity contribution in [1.29, 1.82) is 0 Å². The lowest BCUT2D eigenvalue weighted by Gasteiger charge is -2.12. The van der Waals surface area contributed by atoms with Crippen molar-refractivity contribution in [3.8, 4) is 5.75 Å². The number of benzene rings is 2. The van der Waals surface area contributed by atoms with Gasteiger partial charge in [0, 0.05) is 15.1 Å². The van der Waals surface area contributed by atoms with Crippen LogP contribution in [0.5, 0.6) is 5.75 Å². The van der Waals surface area contributed by atoms with E-state index in [9.17, 15) is 5.11 Å². The second-order valence-corrected chi connectivity index (χ2v) is 5.71. The predicted molar refractivity (Wildman–Crippen MR) is 80.9 cm³/mol. The van der Waals surface area contributed by atoms with E-state index in [0.717, 1.165) is 10.0 Å². The van der Waals surface area contributed by atoms with Crippen LogP contribution in [0.25, 0.3) is 0 Å². The maximum absolute atomic E-state index is 9.30. The van der Waals surface area contributed by atoms with Gasteiger partial charge in [-0.1, -0.05) is 51.3 Å². The van der Waals surface area contributed by atoms with Gasteiger partial charge in [0.05, 0.1) is 11.6 Å². The number of hydrogen-bond donors (Lipinski definition) is 1. The Bertz CT molecular complexity index is 588. The third kappa shape index (κ3) is 3.86. The molecule has 19 heavy (non-hydrogen) atoms. The molecule has 0 saturated heterocycles. The highest BCUT2D eigenvalue weighted by molar-refractivity contribution is 9.10. The molecule has 5 heteroatoms. The van der Waals surface area contributed by atoms with Crippen molar-refractivity contribution < 1.29 is 9.84 Å². The topological polar surface area (TPSA) is 29.5 Å². The van der Waals surface area contributed by atoms with Crippen LogP contribution in [0.2, 0.25) is 10.0 Å². The fourth-order valence-corrected chi connectivity index (χ4v) is 2.71. The second kappa shape index (κ2) is 6.62. The van der Waals surface area contributed by atoms with E-state index in [1.165, 1.54) is 0 Å². The summed E-state index contributed by atoms with van der Waals surface area (Å²) in [5.74, 6) is 0.466. The van der Waals surface area contributed by atoms with E-state index in [1.54, 1.807) is 12.1 Å². The van der Waals surface area contributed by atoms with E-state index < -0.39 is 0 Å². The van der Waals surface area contributed by atoms with Crippen LogP contribution >= 0.6 is 39.1 Å². The van der Waals surface area contributed by atoms with Gasteiger partial charge in [-0.2, -0.15) is 0 Å². The second-order valence-electron chi connectivity index (χ2n) is 3.95. The molecular weight excluding hydrogens is 351 g/mol. The summed E-state index contributed by atoms with van der Waals surface area (Å²) < 4.78 is 6.67. The van der Waals surface area contributed by atoms with Crippen LogP contribution in [-0.4, -0.2) is 5.11 Å². The Labute approximate surface area is 130 Å². The van der Waals surface area contributed by atoms with Crippen LogP contribution in [0.3, 0.4) is 0 Å². The first kappa shape index (κ1) is 14.7. The van der Waals surface area contributed by atoms with Gasteiger partial charge in [-0.3, -0.25) is 0 Å². The van der Waals surface area contributed by atoms with Gasteiger partial charge in [-0.25, -0.2) is 0 Å². The smallest absolute Gasteiger partial charge is 0.144 e. The summed E-state index contributed by atoms with van der Waals surface area (Å²) >= 11 is 15.4. The van der Waals surface area contributed by atoms with Gasteiger partial charge in [0.2, 0.25) is 0 Å². The van der Waals surface area contributed by atoms with E-state index >= 15 is 0 Å². The van der Waals surface area contributed by atoms with Gasteiger partial charge in [-0.05, 0) is 29.8 Å². The molecule has 0 unspecified atom stereocenters. The Hall–Kier alpha value is -0.740. The van der Waals surface area contributed by atoms with E-state index in [1.807, 2.05) is 24.3 Å². The zero-order chi connectivity index (χ0) is 13.8. The monoisotopic (exact) mass is 360 g/mol. The van der Waals surface area contributed by atoms with Crippen molar-refractivity contribution in [1.82, 2.24) is 0 Å². The summed E-state index contributed by atoms with van der Waals surface area (Å²) in [6, 6.07) is 11.0. The zero-order valence-corrected chi connectivity index (χ0v) is 13.0. The molecule has 2 nitrogen and oxygen atoms in total. The molecule has 0 saturated carbocycles. The van der Waals surface area contributed by atoms with Crippen molar-refractivity contribution in [3.05, 3.63) is 62.0 Å². The molecule has 1 N–H and O–H groups in total. The first-order valence-electron chi connectivity index (χ1n) is 5.56. The highest BCUT2D eigenvalue weighted by Crippen LogP contribution is 2.33. The minimum absolute atomic E-state index is 0.173. The number of aliphatic hydroxyl groups is 1. The Kier molecular flexibility index (Phi) is 5.11. The Morgan fingerprint density at radius 3 is 2.63 bits per heavy atom. The highest BCUT2D eigenvalue weighted by atomic mass is 79.9. The summed E-state index contributed by atoms with van der Waals surface area (Å²) in [5, 5.41) is 10.2. The molecule has 2 aromatic rings. The first-order chi connectivity index (χ1) is 9.10. The van der Waals surface area contributed by atoms with Crippen LogP contribution in [0.1, 0.15) is 11.1 Å². The third-order valence-corrected chi connectivity index (χ3v) is 3.52. The molecule has 0 aliphatic rings. The van der Waals surface area contributed by atoms with Crippen LogP contribution in [-0.2, 0) is 13.2 Å². The number of ether oxygens (including phenoxy) is 1. The van der Waals surface area contributed by atoms with Crippen molar-refractivity contribution >= 4 is 39.1 Å². The Morgan fingerprint density at radius 2 is 1.95 bits per heavy atom. The average molecular weight is 362 g/mol. The predicted octanol–water partition coefficient (Wildman–Crippen LogP) is 4.83. The summed E-state index contributed by atoms with van der Waals surface area (Å²) in [4.78, 5) is 0. The summed E-state index contributed by atoms with van der Waals surface area (Å²) in [6.45, 7) is 0.196. The van der Waals surface area contributed by atoms with Crippen LogP contribution < -0.4 is 4.74 Å². The minimum Gasteiger partial charge on any atom is -0.487 e. The Balaban J connectivity index is 2.19. The molecule has 0 atom stereocenters. The molecule has 0 fully saturated rings. The van der Waals surface area contributed by atoms with Gasteiger partial charge >= 0.3 is 0 Å². The molecule has 0 heterocycles. The minimum atomic E-state index is -0.173. The van der Waals surface area contributed by atoms with Crippen LogP contribution in [0.4, 0.5) is 0 Å². The summed E-state index contributed by atoms with van der Waals surface area (Å²) in [6.07, 6.45) is 0. The molecule has 100 valence electrons. The fraction of sp³-hybridized carbons (Fsp3) is 0.143. The maximum Gasteiger partial charge on any atom is 0.144 e. The Morgan fingerprint density at radius 1 is 1.16 bits per heavy atom. The summed E-state index contributed by atoms with van der Waals surface area (Å²) in [7, 11) is 0. The summed E-state index contributed by atoms with van der Waals surface area (Å²) in [5.41, 5.74) is 1.58. The normalized spacial score (nSPS) is 10.5. The average Bonchev–Trinajstić information content (AvgIpc) is 2.37.